The van der Waals surface area contributed by atoms with Crippen LogP contribution in [-0.4, -0.2) is 34.9 Å². The van der Waals surface area contributed by atoms with Crippen molar-refractivity contribution in [3.63, 3.8) is 0 Å². The molecule has 3 aromatic rings. The lowest BCUT2D eigenvalue weighted by molar-refractivity contribution is 0.0925. The summed E-state index contributed by atoms with van der Waals surface area (Å²) in [6.07, 6.45) is 0. The monoisotopic (exact) mass is 402 g/mol. The molecule has 0 spiro atoms. The van der Waals surface area contributed by atoms with E-state index in [2.05, 4.69) is 20.6 Å². The van der Waals surface area contributed by atoms with Gasteiger partial charge in [-0.15, -0.1) is 0 Å². The first-order valence-corrected chi connectivity index (χ1v) is 8.73. The van der Waals surface area contributed by atoms with E-state index in [-0.39, 0.29) is 19.0 Å². The zero-order valence-electron chi connectivity index (χ0n) is 15.6. The average Bonchev–Trinajstić information content (AvgIpc) is 2.69. The molecule has 0 saturated carbocycles. The van der Waals surface area contributed by atoms with Crippen LogP contribution in [0.2, 0.25) is 0 Å². The van der Waals surface area contributed by atoms with Crippen molar-refractivity contribution < 1.29 is 22.8 Å². The number of benzene rings is 2. The molecule has 0 aliphatic heterocycles. The third-order valence-electron chi connectivity index (χ3n) is 4.31. The van der Waals surface area contributed by atoms with Crippen molar-refractivity contribution >= 4 is 22.8 Å². The van der Waals surface area contributed by atoms with E-state index in [1.54, 1.807) is 18.2 Å². The van der Waals surface area contributed by atoms with E-state index in [1.165, 1.54) is 0 Å². The van der Waals surface area contributed by atoms with Crippen LogP contribution >= 0.6 is 0 Å². The summed E-state index contributed by atoms with van der Waals surface area (Å²) in [7, 11) is 0. The van der Waals surface area contributed by atoms with Gasteiger partial charge < -0.3 is 10.6 Å². The van der Waals surface area contributed by atoms with Gasteiger partial charge in [0.25, 0.3) is 11.8 Å². The molecular weight excluding hydrogens is 385 g/mol. The number of rotatable bonds is 5. The lowest BCUT2D eigenvalue weighted by atomic mass is 10.1. The average molecular weight is 402 g/mol. The summed E-state index contributed by atoms with van der Waals surface area (Å²) in [6, 6.07) is 6.43. The number of aromatic nitrogens is 2. The molecule has 0 aliphatic rings. The summed E-state index contributed by atoms with van der Waals surface area (Å²) in [5, 5.41) is 4.93. The quantitative estimate of drug-likeness (QED) is 0.508. The number of amides is 2. The van der Waals surface area contributed by atoms with Crippen LogP contribution in [0.1, 0.15) is 32.1 Å². The lowest BCUT2D eigenvalue weighted by Crippen LogP contribution is -2.35. The zero-order valence-corrected chi connectivity index (χ0v) is 15.6. The van der Waals surface area contributed by atoms with E-state index in [0.717, 1.165) is 17.5 Å². The van der Waals surface area contributed by atoms with E-state index in [4.69, 9.17) is 0 Å². The van der Waals surface area contributed by atoms with Crippen molar-refractivity contribution in [1.29, 1.82) is 0 Å². The van der Waals surface area contributed by atoms with Gasteiger partial charge in [0.2, 0.25) is 0 Å². The maximum atomic E-state index is 13.6. The summed E-state index contributed by atoms with van der Waals surface area (Å²) in [5.41, 5.74) is 2.58. The highest BCUT2D eigenvalue weighted by Crippen LogP contribution is 2.15. The number of carbonyl (C=O) groups excluding carboxylic acids is 2. The van der Waals surface area contributed by atoms with Gasteiger partial charge in [0.15, 0.2) is 17.5 Å². The molecule has 0 bridgehead atoms. The molecule has 0 atom stereocenters. The molecule has 9 heteroatoms. The molecule has 0 aliphatic carbocycles. The van der Waals surface area contributed by atoms with Crippen molar-refractivity contribution in [2.75, 3.05) is 13.1 Å². The third-order valence-corrected chi connectivity index (χ3v) is 4.31. The van der Waals surface area contributed by atoms with Gasteiger partial charge in [-0.2, -0.15) is 0 Å². The number of fused-ring (bicyclic) bond motifs is 1. The summed E-state index contributed by atoms with van der Waals surface area (Å²) in [4.78, 5) is 32.9. The van der Waals surface area contributed by atoms with Crippen molar-refractivity contribution in [2.45, 2.75) is 13.8 Å². The Bertz CT molecular complexity index is 1120. The number of nitrogens with zero attached hydrogens (tertiary/aromatic N) is 2. The van der Waals surface area contributed by atoms with Gasteiger partial charge in [0, 0.05) is 18.7 Å². The van der Waals surface area contributed by atoms with Gasteiger partial charge in [-0.3, -0.25) is 9.59 Å². The van der Waals surface area contributed by atoms with E-state index in [0.29, 0.717) is 22.7 Å². The predicted molar refractivity (Wildman–Crippen MR) is 100.0 cm³/mol. The summed E-state index contributed by atoms with van der Waals surface area (Å²) < 4.78 is 39.7. The van der Waals surface area contributed by atoms with Crippen LogP contribution in [0, 0.1) is 31.3 Å². The highest BCUT2D eigenvalue weighted by Gasteiger charge is 2.18. The smallest absolute Gasteiger partial charge is 0.254 e. The van der Waals surface area contributed by atoms with Crippen molar-refractivity contribution in [3.05, 3.63) is 70.3 Å². The van der Waals surface area contributed by atoms with Crippen molar-refractivity contribution in [1.82, 2.24) is 20.6 Å². The van der Waals surface area contributed by atoms with Crippen LogP contribution in [0.4, 0.5) is 13.2 Å². The Morgan fingerprint density at radius 3 is 2.14 bits per heavy atom. The second kappa shape index (κ2) is 8.26. The Hall–Kier alpha value is -3.49. The Kier molecular flexibility index (Phi) is 5.76. The predicted octanol–water partition coefficient (Wildman–Crippen LogP) is 2.82. The highest BCUT2D eigenvalue weighted by atomic mass is 19.2. The Labute approximate surface area is 164 Å². The fourth-order valence-corrected chi connectivity index (χ4v) is 2.62. The van der Waals surface area contributed by atoms with E-state index in [9.17, 15) is 22.8 Å². The number of hydrogen-bond donors (Lipinski definition) is 2. The van der Waals surface area contributed by atoms with Gasteiger partial charge in [-0.25, -0.2) is 23.1 Å². The van der Waals surface area contributed by atoms with Crippen LogP contribution in [-0.2, 0) is 0 Å². The largest absolute Gasteiger partial charge is 0.350 e. The molecular formula is C20H17F3N4O2. The molecule has 2 aromatic carbocycles. The minimum absolute atomic E-state index is 0.0330. The molecule has 0 radical (unpaired) electrons. The first-order valence-electron chi connectivity index (χ1n) is 8.73. The Morgan fingerprint density at radius 2 is 1.45 bits per heavy atom. The molecule has 2 amide bonds. The summed E-state index contributed by atoms with van der Waals surface area (Å²) in [5.74, 6) is -5.95. The number of aryl methyl sites for hydroxylation is 2. The van der Waals surface area contributed by atoms with Gasteiger partial charge in [-0.05, 0) is 44.2 Å². The van der Waals surface area contributed by atoms with Crippen LogP contribution in [0.5, 0.6) is 0 Å². The van der Waals surface area contributed by atoms with Crippen LogP contribution in [0.3, 0.4) is 0 Å². The number of nitrogens with one attached hydrogen (secondary N) is 2. The first-order chi connectivity index (χ1) is 13.8. The highest BCUT2D eigenvalue weighted by molar-refractivity contribution is 5.97. The summed E-state index contributed by atoms with van der Waals surface area (Å²) in [6.45, 7) is 3.69. The molecule has 1 heterocycles. The topological polar surface area (TPSA) is 84.0 Å². The normalized spacial score (nSPS) is 10.8. The fraction of sp³-hybridized carbons (Fsp3) is 0.200. The van der Waals surface area contributed by atoms with Crippen molar-refractivity contribution in [3.8, 4) is 0 Å². The second-order valence-electron chi connectivity index (χ2n) is 6.33. The number of hydrogen-bond acceptors (Lipinski definition) is 4. The Morgan fingerprint density at radius 1 is 0.828 bits per heavy atom. The lowest BCUT2D eigenvalue weighted by Gasteiger charge is -2.09. The van der Waals surface area contributed by atoms with E-state index >= 15 is 0 Å². The molecule has 0 saturated heterocycles. The molecule has 3 rings (SSSR count). The number of halogens is 3. The molecule has 0 fully saturated rings. The molecule has 29 heavy (non-hydrogen) atoms. The molecule has 1 aromatic heterocycles. The molecule has 6 nitrogen and oxygen atoms in total. The maximum Gasteiger partial charge on any atom is 0.254 e. The number of carbonyl (C=O) groups is 2. The van der Waals surface area contributed by atoms with Gasteiger partial charge in [0.1, 0.15) is 0 Å². The Balaban J connectivity index is 1.57. The van der Waals surface area contributed by atoms with Crippen LogP contribution in [0.15, 0.2) is 30.3 Å². The van der Waals surface area contributed by atoms with E-state index < -0.39 is 28.9 Å². The molecule has 0 unspecified atom stereocenters. The minimum Gasteiger partial charge on any atom is -0.350 e. The molecule has 2 N–H and O–H groups in total. The van der Waals surface area contributed by atoms with Gasteiger partial charge >= 0.3 is 0 Å². The standard InChI is InChI=1S/C20H17F3N4O2/c1-10-11(2)27-16-9-12(3-6-15(16)26-10)19(28)24-7-8-25-20(29)13-4-5-14(21)18(23)17(13)22/h3-6,9H,7-8H2,1-2H3,(H,24,28)(H,25,29). The third kappa shape index (κ3) is 4.34. The summed E-state index contributed by atoms with van der Waals surface area (Å²) >= 11 is 0. The van der Waals surface area contributed by atoms with Crippen LogP contribution < -0.4 is 10.6 Å². The zero-order chi connectivity index (χ0) is 21.1. The fourth-order valence-electron chi connectivity index (χ4n) is 2.62. The van der Waals surface area contributed by atoms with Gasteiger partial charge in [0.05, 0.1) is 28.0 Å². The maximum absolute atomic E-state index is 13.6. The minimum atomic E-state index is -1.71. The second-order valence-corrected chi connectivity index (χ2v) is 6.33. The van der Waals surface area contributed by atoms with Crippen molar-refractivity contribution in [2.24, 2.45) is 0 Å². The van der Waals surface area contributed by atoms with Gasteiger partial charge in [-0.1, -0.05) is 0 Å². The van der Waals surface area contributed by atoms with Crippen LogP contribution in [0.25, 0.3) is 11.0 Å². The van der Waals surface area contributed by atoms with E-state index in [1.807, 2.05) is 13.8 Å². The first kappa shape index (κ1) is 20.2. The molecule has 150 valence electrons. The SMILES string of the molecule is Cc1nc2ccc(C(=O)NCCNC(=O)c3ccc(F)c(F)c3F)cc2nc1C.